The Hall–Kier alpha value is -1.62. The Bertz CT molecular complexity index is 316. The minimum atomic E-state index is -1.20. The summed E-state index contributed by atoms with van der Waals surface area (Å²) < 4.78 is 14.2. The first-order valence-corrected chi connectivity index (χ1v) is 4.93. The van der Waals surface area contributed by atoms with Crippen LogP contribution in [0.2, 0.25) is 0 Å². The van der Waals surface area contributed by atoms with Crippen LogP contribution in [-0.4, -0.2) is 39.4 Å². The smallest absolute Gasteiger partial charge is 0.323 e. The zero-order chi connectivity index (χ0) is 13.6. The monoisotopic (exact) mass is 242 g/mol. The molecule has 17 heavy (non-hydrogen) atoms. The average Bonchev–Trinajstić information content (AvgIpc) is 2.32. The molecule has 1 atom stereocenters. The fourth-order valence-electron chi connectivity index (χ4n) is 1.32. The van der Waals surface area contributed by atoms with Gasteiger partial charge in [0.2, 0.25) is 0 Å². The van der Waals surface area contributed by atoms with E-state index in [0.29, 0.717) is 11.1 Å². The topological polar surface area (TPSA) is 61.8 Å². The fraction of sp³-hybridized carbons (Fsp3) is 0.500. The molecule has 0 heterocycles. The van der Waals surface area contributed by atoms with Gasteiger partial charge in [0.25, 0.3) is 0 Å². The Labute approximate surface area is 101 Å². The van der Waals surface area contributed by atoms with Gasteiger partial charge in [0.15, 0.2) is 5.92 Å². The summed E-state index contributed by atoms with van der Waals surface area (Å²) in [6, 6.07) is 0. The summed E-state index contributed by atoms with van der Waals surface area (Å²) in [5.74, 6) is -2.66. The van der Waals surface area contributed by atoms with Crippen LogP contribution in [0, 0.1) is 5.92 Å². The van der Waals surface area contributed by atoms with Crippen molar-refractivity contribution in [2.75, 3.05) is 21.3 Å². The van der Waals surface area contributed by atoms with E-state index in [2.05, 4.69) is 22.6 Å². The maximum Gasteiger partial charge on any atom is 0.323 e. The third kappa shape index (κ3) is 3.71. The Balaban J connectivity index is 5.25. The van der Waals surface area contributed by atoms with Crippen molar-refractivity contribution in [3.63, 3.8) is 0 Å². The molecule has 0 N–H and O–H groups in total. The van der Waals surface area contributed by atoms with Gasteiger partial charge in [-0.15, -0.1) is 0 Å². The summed E-state index contributed by atoms with van der Waals surface area (Å²) in [6.45, 7) is 9.14. The molecule has 0 saturated heterocycles. The third-order valence-electron chi connectivity index (χ3n) is 2.36. The summed E-state index contributed by atoms with van der Waals surface area (Å²) in [4.78, 5) is 23.1. The molecule has 96 valence electrons. The van der Waals surface area contributed by atoms with Gasteiger partial charge in [-0.25, -0.2) is 0 Å². The fourth-order valence-corrected chi connectivity index (χ4v) is 1.32. The van der Waals surface area contributed by atoms with E-state index in [1.54, 1.807) is 6.92 Å². The quantitative estimate of drug-likeness (QED) is 0.396. The lowest BCUT2D eigenvalue weighted by molar-refractivity contribution is -0.163. The first-order chi connectivity index (χ1) is 7.90. The number of rotatable bonds is 6. The molecular formula is C12H18O5. The zero-order valence-corrected chi connectivity index (χ0v) is 10.6. The van der Waals surface area contributed by atoms with E-state index in [0.717, 1.165) is 0 Å². The molecule has 0 aromatic heterocycles. The minimum Gasteiger partial charge on any atom is -0.468 e. The van der Waals surface area contributed by atoms with E-state index >= 15 is 0 Å². The molecule has 0 aliphatic rings. The van der Waals surface area contributed by atoms with E-state index in [1.165, 1.54) is 21.3 Å². The normalized spacial score (nSPS) is 11.8. The number of hydrogen-bond donors (Lipinski definition) is 0. The highest BCUT2D eigenvalue weighted by atomic mass is 16.6. The number of carbonyl (C=O) groups excluding carboxylic acids is 2. The zero-order valence-electron chi connectivity index (χ0n) is 10.6. The van der Waals surface area contributed by atoms with E-state index in [1.807, 2.05) is 0 Å². The van der Waals surface area contributed by atoms with Crippen LogP contribution in [0.1, 0.15) is 6.92 Å². The first-order valence-electron chi connectivity index (χ1n) is 4.93. The van der Waals surface area contributed by atoms with Crippen molar-refractivity contribution in [2.45, 2.75) is 13.0 Å². The highest BCUT2D eigenvalue weighted by molar-refractivity contribution is 5.96. The number of ether oxygens (including phenoxy) is 3. The molecule has 0 saturated carbocycles. The van der Waals surface area contributed by atoms with Crippen molar-refractivity contribution in [3.8, 4) is 0 Å². The molecule has 0 rings (SSSR count). The largest absolute Gasteiger partial charge is 0.468 e. The molecule has 0 aliphatic carbocycles. The SMILES string of the molecule is C=C(C)C(=C)C(OC)C(C(=O)OC)C(=O)OC. The van der Waals surface area contributed by atoms with Gasteiger partial charge in [0.05, 0.1) is 14.2 Å². The van der Waals surface area contributed by atoms with Crippen LogP contribution in [-0.2, 0) is 23.8 Å². The van der Waals surface area contributed by atoms with Crippen molar-refractivity contribution in [2.24, 2.45) is 5.92 Å². The summed E-state index contributed by atoms with van der Waals surface area (Å²) >= 11 is 0. The Morgan fingerprint density at radius 3 is 1.65 bits per heavy atom. The molecular weight excluding hydrogens is 224 g/mol. The first kappa shape index (κ1) is 15.4. The maximum absolute atomic E-state index is 11.6. The van der Waals surface area contributed by atoms with Crippen LogP contribution in [0.4, 0.5) is 0 Å². The van der Waals surface area contributed by atoms with E-state index in [9.17, 15) is 9.59 Å². The Morgan fingerprint density at radius 2 is 1.41 bits per heavy atom. The third-order valence-corrected chi connectivity index (χ3v) is 2.36. The molecule has 0 radical (unpaired) electrons. The van der Waals surface area contributed by atoms with Crippen LogP contribution >= 0.6 is 0 Å². The molecule has 0 aromatic carbocycles. The van der Waals surface area contributed by atoms with Crippen molar-refractivity contribution in [1.29, 1.82) is 0 Å². The van der Waals surface area contributed by atoms with Gasteiger partial charge in [0.1, 0.15) is 6.10 Å². The van der Waals surface area contributed by atoms with Gasteiger partial charge in [-0.2, -0.15) is 0 Å². The van der Waals surface area contributed by atoms with Crippen molar-refractivity contribution >= 4 is 11.9 Å². The number of hydrogen-bond acceptors (Lipinski definition) is 5. The second kappa shape index (κ2) is 6.85. The standard InChI is InChI=1S/C12H18O5/c1-7(2)8(3)10(15-4)9(11(13)16-5)12(14)17-6/h9-10H,1,3H2,2,4-6H3. The lowest BCUT2D eigenvalue weighted by atomic mass is 9.93. The predicted molar refractivity (Wildman–Crippen MR) is 62.3 cm³/mol. The molecule has 0 bridgehead atoms. The van der Waals surface area contributed by atoms with Gasteiger partial charge in [0, 0.05) is 7.11 Å². The van der Waals surface area contributed by atoms with Crippen molar-refractivity contribution in [1.82, 2.24) is 0 Å². The van der Waals surface area contributed by atoms with Gasteiger partial charge in [-0.1, -0.05) is 18.7 Å². The lowest BCUT2D eigenvalue weighted by Gasteiger charge is -2.24. The number of esters is 2. The second-order valence-corrected chi connectivity index (χ2v) is 3.49. The van der Waals surface area contributed by atoms with E-state index in [4.69, 9.17) is 4.74 Å². The van der Waals surface area contributed by atoms with Crippen LogP contribution in [0.3, 0.4) is 0 Å². The molecule has 0 amide bonds. The predicted octanol–water partition coefficient (Wildman–Crippen LogP) is 1.10. The summed E-state index contributed by atoms with van der Waals surface area (Å²) in [5, 5.41) is 0. The van der Waals surface area contributed by atoms with Gasteiger partial charge in [-0.05, 0) is 12.5 Å². The average molecular weight is 242 g/mol. The van der Waals surface area contributed by atoms with Gasteiger partial charge < -0.3 is 14.2 Å². The number of carbonyl (C=O) groups is 2. The molecule has 5 heteroatoms. The highest BCUT2D eigenvalue weighted by Gasteiger charge is 2.38. The lowest BCUT2D eigenvalue weighted by Crippen LogP contribution is -2.39. The summed E-state index contributed by atoms with van der Waals surface area (Å²) in [6.07, 6.45) is -0.840. The Kier molecular flexibility index (Phi) is 6.20. The maximum atomic E-state index is 11.6. The van der Waals surface area contributed by atoms with Crippen LogP contribution < -0.4 is 0 Å². The second-order valence-electron chi connectivity index (χ2n) is 3.49. The summed E-state index contributed by atoms with van der Waals surface area (Å²) in [5.41, 5.74) is 1.07. The molecule has 5 nitrogen and oxygen atoms in total. The highest BCUT2D eigenvalue weighted by Crippen LogP contribution is 2.22. The minimum absolute atomic E-state index is 0.452. The van der Waals surface area contributed by atoms with E-state index < -0.39 is 24.0 Å². The Morgan fingerprint density at radius 1 is 1.00 bits per heavy atom. The van der Waals surface area contributed by atoms with E-state index in [-0.39, 0.29) is 0 Å². The molecule has 0 fully saturated rings. The molecule has 1 unspecified atom stereocenters. The number of methoxy groups -OCH3 is 3. The molecule has 0 aromatic rings. The molecule has 0 aliphatic heterocycles. The van der Waals surface area contributed by atoms with Crippen molar-refractivity contribution < 1.29 is 23.8 Å². The van der Waals surface area contributed by atoms with Gasteiger partial charge >= 0.3 is 11.9 Å². The molecule has 0 spiro atoms. The summed E-state index contributed by atoms with van der Waals surface area (Å²) in [7, 11) is 3.75. The van der Waals surface area contributed by atoms with Crippen LogP contribution in [0.5, 0.6) is 0 Å². The van der Waals surface area contributed by atoms with Crippen molar-refractivity contribution in [3.05, 3.63) is 24.3 Å². The van der Waals surface area contributed by atoms with Crippen LogP contribution in [0.25, 0.3) is 0 Å². The van der Waals surface area contributed by atoms with Crippen LogP contribution in [0.15, 0.2) is 24.3 Å². The van der Waals surface area contributed by atoms with Gasteiger partial charge in [-0.3, -0.25) is 9.59 Å².